The van der Waals surface area contributed by atoms with Crippen molar-refractivity contribution >= 4 is 11.8 Å². The van der Waals surface area contributed by atoms with Gasteiger partial charge in [-0.25, -0.2) is 0 Å². The van der Waals surface area contributed by atoms with E-state index < -0.39 is 6.04 Å². The van der Waals surface area contributed by atoms with Crippen molar-refractivity contribution in [2.75, 3.05) is 26.7 Å². The number of carbonyl (C=O) groups excluding carboxylic acids is 2. The molecule has 0 aliphatic rings. The van der Waals surface area contributed by atoms with E-state index in [2.05, 4.69) is 0 Å². The molecule has 0 spiro atoms. The second-order valence-electron chi connectivity index (χ2n) is 4.67. The zero-order valence-corrected chi connectivity index (χ0v) is 12.3. The fourth-order valence-corrected chi connectivity index (χ4v) is 1.71. The first-order valence-corrected chi connectivity index (χ1v) is 6.67. The highest BCUT2D eigenvalue weighted by atomic mass is 16.2. The zero-order chi connectivity index (χ0) is 14.3. The first-order chi connectivity index (χ1) is 8.38. The number of hydrogen-bond donors (Lipinski definition) is 1. The lowest BCUT2D eigenvalue weighted by atomic mass is 9.99. The van der Waals surface area contributed by atoms with Gasteiger partial charge in [0.05, 0.1) is 12.6 Å². The molecule has 0 rings (SSSR count). The van der Waals surface area contributed by atoms with E-state index in [0.717, 1.165) is 6.42 Å². The lowest BCUT2D eigenvalue weighted by molar-refractivity contribution is -0.140. The van der Waals surface area contributed by atoms with E-state index in [-0.39, 0.29) is 24.3 Å². The monoisotopic (exact) mass is 257 g/mol. The molecule has 0 radical (unpaired) electrons. The largest absolute Gasteiger partial charge is 0.342 e. The van der Waals surface area contributed by atoms with E-state index in [1.165, 1.54) is 4.90 Å². The van der Waals surface area contributed by atoms with Crippen LogP contribution in [0, 0.1) is 5.92 Å². The highest BCUT2D eigenvalue weighted by Gasteiger charge is 2.24. The van der Waals surface area contributed by atoms with Crippen LogP contribution >= 0.6 is 0 Å². The van der Waals surface area contributed by atoms with E-state index in [0.29, 0.717) is 13.1 Å². The summed E-state index contributed by atoms with van der Waals surface area (Å²) in [7, 11) is 1.63. The molecule has 2 atom stereocenters. The standard InChI is InChI=1S/C13H27N3O2/c1-6-10(4)12(14)13(18)15(5)9-11(17)16(7-2)8-3/h10,12H,6-9,14H2,1-5H3/t10-,12-/m0/s1. The Morgan fingerprint density at radius 1 is 1.17 bits per heavy atom. The van der Waals surface area contributed by atoms with E-state index >= 15 is 0 Å². The van der Waals surface area contributed by atoms with Gasteiger partial charge in [0.15, 0.2) is 0 Å². The molecule has 5 nitrogen and oxygen atoms in total. The lowest BCUT2D eigenvalue weighted by Crippen LogP contribution is -2.49. The first kappa shape index (κ1) is 16.9. The van der Waals surface area contributed by atoms with E-state index in [1.807, 2.05) is 27.7 Å². The SMILES string of the molecule is CC[C@H](C)[C@H](N)C(=O)N(C)CC(=O)N(CC)CC. The van der Waals surface area contributed by atoms with Crippen LogP contribution < -0.4 is 5.73 Å². The number of amides is 2. The second kappa shape index (κ2) is 8.08. The highest BCUT2D eigenvalue weighted by molar-refractivity contribution is 5.87. The van der Waals surface area contributed by atoms with Crippen molar-refractivity contribution in [3.05, 3.63) is 0 Å². The average Bonchev–Trinajstić information content (AvgIpc) is 2.37. The number of nitrogens with zero attached hydrogens (tertiary/aromatic N) is 2. The van der Waals surface area contributed by atoms with Gasteiger partial charge in [-0.15, -0.1) is 0 Å². The summed E-state index contributed by atoms with van der Waals surface area (Å²) in [5.74, 6) is -0.0689. The second-order valence-corrected chi connectivity index (χ2v) is 4.67. The molecule has 18 heavy (non-hydrogen) atoms. The molecule has 0 bridgehead atoms. The van der Waals surface area contributed by atoms with Gasteiger partial charge in [0.2, 0.25) is 11.8 Å². The van der Waals surface area contributed by atoms with Crippen LogP contribution in [-0.2, 0) is 9.59 Å². The normalized spacial score (nSPS) is 13.9. The van der Waals surface area contributed by atoms with Gasteiger partial charge < -0.3 is 15.5 Å². The Kier molecular flexibility index (Phi) is 7.59. The molecular formula is C13H27N3O2. The van der Waals surface area contributed by atoms with Gasteiger partial charge in [0, 0.05) is 20.1 Å². The van der Waals surface area contributed by atoms with Crippen LogP contribution in [0.4, 0.5) is 0 Å². The third kappa shape index (κ3) is 4.64. The topological polar surface area (TPSA) is 66.6 Å². The summed E-state index contributed by atoms with van der Waals surface area (Å²) < 4.78 is 0. The molecule has 106 valence electrons. The molecule has 0 fully saturated rings. The van der Waals surface area contributed by atoms with Crippen molar-refractivity contribution in [1.29, 1.82) is 0 Å². The average molecular weight is 257 g/mol. The highest BCUT2D eigenvalue weighted by Crippen LogP contribution is 2.07. The minimum Gasteiger partial charge on any atom is -0.342 e. The molecule has 5 heteroatoms. The fourth-order valence-electron chi connectivity index (χ4n) is 1.71. The zero-order valence-electron chi connectivity index (χ0n) is 12.3. The first-order valence-electron chi connectivity index (χ1n) is 6.67. The number of likely N-dealkylation sites (N-methyl/N-ethyl adjacent to an activating group) is 2. The van der Waals surface area contributed by atoms with Gasteiger partial charge in [-0.3, -0.25) is 9.59 Å². The van der Waals surface area contributed by atoms with Crippen LogP contribution in [0.15, 0.2) is 0 Å². The predicted octanol–water partition coefficient (Wildman–Crippen LogP) is 0.687. The molecule has 0 aliphatic heterocycles. The number of hydrogen-bond acceptors (Lipinski definition) is 3. The van der Waals surface area contributed by atoms with Crippen molar-refractivity contribution in [1.82, 2.24) is 9.80 Å². The van der Waals surface area contributed by atoms with E-state index in [9.17, 15) is 9.59 Å². The summed E-state index contributed by atoms with van der Waals surface area (Å²) in [4.78, 5) is 27.0. The van der Waals surface area contributed by atoms with Crippen molar-refractivity contribution in [3.8, 4) is 0 Å². The summed E-state index contributed by atoms with van der Waals surface area (Å²) in [5, 5.41) is 0. The molecule has 0 saturated heterocycles. The Bertz CT molecular complexity index is 277. The molecule has 0 aromatic carbocycles. The fraction of sp³-hybridized carbons (Fsp3) is 0.846. The molecule has 2 N–H and O–H groups in total. The predicted molar refractivity (Wildman–Crippen MR) is 73.0 cm³/mol. The molecule has 0 saturated carbocycles. The Morgan fingerprint density at radius 3 is 2.06 bits per heavy atom. The molecule has 0 aromatic rings. The summed E-state index contributed by atoms with van der Waals surface area (Å²) >= 11 is 0. The summed E-state index contributed by atoms with van der Waals surface area (Å²) in [6.45, 7) is 9.22. The third-order valence-electron chi connectivity index (χ3n) is 3.41. The molecule has 0 aromatic heterocycles. The Hall–Kier alpha value is -1.10. The van der Waals surface area contributed by atoms with Crippen molar-refractivity contribution in [2.24, 2.45) is 11.7 Å². The summed E-state index contributed by atoms with van der Waals surface area (Å²) in [6.07, 6.45) is 0.852. The molecule has 0 aliphatic carbocycles. The van der Waals surface area contributed by atoms with Crippen molar-refractivity contribution < 1.29 is 9.59 Å². The molecule has 0 heterocycles. The van der Waals surface area contributed by atoms with Gasteiger partial charge in [0.25, 0.3) is 0 Å². The Morgan fingerprint density at radius 2 is 1.67 bits per heavy atom. The minimum absolute atomic E-state index is 0.0350. The lowest BCUT2D eigenvalue weighted by Gasteiger charge is -2.26. The van der Waals surface area contributed by atoms with Crippen molar-refractivity contribution in [3.63, 3.8) is 0 Å². The van der Waals surface area contributed by atoms with Crippen LogP contribution in [0.3, 0.4) is 0 Å². The maximum atomic E-state index is 12.0. The van der Waals surface area contributed by atoms with Crippen LogP contribution in [0.1, 0.15) is 34.1 Å². The van der Waals surface area contributed by atoms with E-state index in [4.69, 9.17) is 5.73 Å². The summed E-state index contributed by atoms with van der Waals surface area (Å²) in [5.41, 5.74) is 5.87. The maximum Gasteiger partial charge on any atom is 0.242 e. The Labute approximate surface area is 110 Å². The van der Waals surface area contributed by atoms with Crippen LogP contribution in [-0.4, -0.2) is 54.3 Å². The van der Waals surface area contributed by atoms with Crippen LogP contribution in [0.25, 0.3) is 0 Å². The number of nitrogens with two attached hydrogens (primary N) is 1. The Balaban J connectivity index is 4.44. The molecular weight excluding hydrogens is 230 g/mol. The van der Waals surface area contributed by atoms with Gasteiger partial charge >= 0.3 is 0 Å². The van der Waals surface area contributed by atoms with Crippen LogP contribution in [0.2, 0.25) is 0 Å². The van der Waals surface area contributed by atoms with Crippen LogP contribution in [0.5, 0.6) is 0 Å². The van der Waals surface area contributed by atoms with Gasteiger partial charge in [-0.2, -0.15) is 0 Å². The number of rotatable bonds is 7. The number of carbonyl (C=O) groups is 2. The van der Waals surface area contributed by atoms with Gasteiger partial charge in [-0.05, 0) is 19.8 Å². The maximum absolute atomic E-state index is 12.0. The summed E-state index contributed by atoms with van der Waals surface area (Å²) in [6, 6.07) is -0.524. The van der Waals surface area contributed by atoms with Gasteiger partial charge in [-0.1, -0.05) is 20.3 Å². The van der Waals surface area contributed by atoms with Gasteiger partial charge in [0.1, 0.15) is 0 Å². The molecule has 2 amide bonds. The quantitative estimate of drug-likeness (QED) is 0.729. The minimum atomic E-state index is -0.524. The molecule has 0 unspecified atom stereocenters. The van der Waals surface area contributed by atoms with Crippen molar-refractivity contribution in [2.45, 2.75) is 40.2 Å². The third-order valence-corrected chi connectivity index (χ3v) is 3.41. The van der Waals surface area contributed by atoms with E-state index in [1.54, 1.807) is 11.9 Å². The smallest absolute Gasteiger partial charge is 0.242 e.